The average Bonchev–Trinajstić information content (AvgIpc) is 2.73. The van der Waals surface area contributed by atoms with Crippen LogP contribution in [0.4, 0.5) is 4.39 Å². The molecule has 2 heteroatoms. The minimum absolute atomic E-state index is 0.219. The molecule has 1 heterocycles. The molecule has 116 valence electrons. The van der Waals surface area contributed by atoms with Crippen molar-refractivity contribution in [2.75, 3.05) is 13.1 Å². The quantitative estimate of drug-likeness (QED) is 0.698. The van der Waals surface area contributed by atoms with Gasteiger partial charge in [0.05, 0.1) is 0 Å². The predicted molar refractivity (Wildman–Crippen MR) is 86.7 cm³/mol. The molecule has 1 unspecified atom stereocenters. The van der Waals surface area contributed by atoms with Crippen molar-refractivity contribution in [2.24, 2.45) is 0 Å². The molecule has 1 aliphatic carbocycles. The lowest BCUT2D eigenvalue weighted by Gasteiger charge is -2.25. The standard InChI is InChI=1S/C19H28FN/c1-19(2,3)16-7-4-14-5-8-18(9-6-15(14)12-16)21-11-10-17(20)13-21/h4,7,12,17-18H,5-6,8-11,13H2,1-3H3/t17-,18?/m0/s1. The Kier molecular flexibility index (Phi) is 4.09. The van der Waals surface area contributed by atoms with Crippen LogP contribution in [0.1, 0.15) is 56.7 Å². The van der Waals surface area contributed by atoms with E-state index in [9.17, 15) is 4.39 Å². The summed E-state index contributed by atoms with van der Waals surface area (Å²) in [7, 11) is 0. The number of halogens is 1. The highest BCUT2D eigenvalue weighted by Crippen LogP contribution is 2.30. The molecule has 1 aromatic rings. The van der Waals surface area contributed by atoms with E-state index in [1.165, 1.54) is 29.5 Å². The topological polar surface area (TPSA) is 3.24 Å². The van der Waals surface area contributed by atoms with Crippen molar-refractivity contribution in [1.82, 2.24) is 4.90 Å². The third-order valence-electron chi connectivity index (χ3n) is 5.24. The molecule has 0 N–H and O–H groups in total. The second-order valence-electron chi connectivity index (χ2n) is 7.85. The van der Waals surface area contributed by atoms with E-state index in [1.54, 1.807) is 0 Å². The van der Waals surface area contributed by atoms with Gasteiger partial charge in [-0.3, -0.25) is 4.90 Å². The molecule has 1 nitrogen and oxygen atoms in total. The van der Waals surface area contributed by atoms with Crippen molar-refractivity contribution in [3.8, 4) is 0 Å². The Morgan fingerprint density at radius 2 is 1.76 bits per heavy atom. The smallest absolute Gasteiger partial charge is 0.114 e. The van der Waals surface area contributed by atoms with Crippen molar-refractivity contribution in [3.63, 3.8) is 0 Å². The number of hydrogen-bond acceptors (Lipinski definition) is 1. The lowest BCUT2D eigenvalue weighted by Crippen LogP contribution is -2.33. The second-order valence-corrected chi connectivity index (χ2v) is 7.85. The van der Waals surface area contributed by atoms with E-state index in [0.717, 1.165) is 25.8 Å². The molecule has 0 amide bonds. The molecule has 0 bridgehead atoms. The molecule has 0 radical (unpaired) electrons. The van der Waals surface area contributed by atoms with E-state index < -0.39 is 6.17 Å². The van der Waals surface area contributed by atoms with Crippen molar-refractivity contribution >= 4 is 0 Å². The van der Waals surface area contributed by atoms with Gasteiger partial charge in [0.15, 0.2) is 0 Å². The highest BCUT2D eigenvalue weighted by Gasteiger charge is 2.29. The summed E-state index contributed by atoms with van der Waals surface area (Å²) in [5.41, 5.74) is 4.70. The zero-order valence-corrected chi connectivity index (χ0v) is 13.7. The Morgan fingerprint density at radius 3 is 2.38 bits per heavy atom. The Bertz CT molecular complexity index is 503. The molecule has 0 aromatic heterocycles. The fourth-order valence-corrected chi connectivity index (χ4v) is 3.80. The van der Waals surface area contributed by atoms with Gasteiger partial charge in [0.2, 0.25) is 0 Å². The van der Waals surface area contributed by atoms with Gasteiger partial charge in [-0.15, -0.1) is 0 Å². The summed E-state index contributed by atoms with van der Waals surface area (Å²) in [4.78, 5) is 2.39. The molecule has 1 fully saturated rings. The van der Waals surface area contributed by atoms with Crippen molar-refractivity contribution in [2.45, 2.75) is 70.5 Å². The summed E-state index contributed by atoms with van der Waals surface area (Å²) in [6, 6.07) is 7.63. The van der Waals surface area contributed by atoms with Crippen LogP contribution in [0.25, 0.3) is 0 Å². The number of rotatable bonds is 1. The Labute approximate surface area is 128 Å². The third-order valence-corrected chi connectivity index (χ3v) is 5.24. The monoisotopic (exact) mass is 289 g/mol. The highest BCUT2D eigenvalue weighted by atomic mass is 19.1. The molecular formula is C19H28FN. The Hall–Kier alpha value is -0.890. The van der Waals surface area contributed by atoms with Gasteiger partial charge in [0, 0.05) is 19.1 Å². The first-order valence-electron chi connectivity index (χ1n) is 8.44. The number of aryl methyl sites for hydroxylation is 2. The molecule has 21 heavy (non-hydrogen) atoms. The molecule has 1 saturated heterocycles. The highest BCUT2D eigenvalue weighted by molar-refractivity contribution is 5.36. The van der Waals surface area contributed by atoms with E-state index >= 15 is 0 Å². The zero-order valence-electron chi connectivity index (χ0n) is 13.7. The molecule has 3 rings (SSSR count). The summed E-state index contributed by atoms with van der Waals surface area (Å²) in [5, 5.41) is 0. The number of alkyl halides is 1. The van der Waals surface area contributed by atoms with Crippen LogP contribution in [-0.2, 0) is 18.3 Å². The van der Waals surface area contributed by atoms with E-state index in [1.807, 2.05) is 0 Å². The summed E-state index contributed by atoms with van der Waals surface area (Å²) in [6.45, 7) is 8.45. The first-order chi connectivity index (χ1) is 9.93. The molecule has 2 atom stereocenters. The van der Waals surface area contributed by atoms with E-state index in [-0.39, 0.29) is 5.41 Å². The van der Waals surface area contributed by atoms with Crippen LogP contribution in [0.15, 0.2) is 18.2 Å². The van der Waals surface area contributed by atoms with Crippen molar-refractivity contribution in [1.29, 1.82) is 0 Å². The molecule has 1 aromatic carbocycles. The maximum absolute atomic E-state index is 13.4. The number of likely N-dealkylation sites (tertiary alicyclic amines) is 1. The maximum atomic E-state index is 13.4. The number of benzene rings is 1. The summed E-state index contributed by atoms with van der Waals surface area (Å²) >= 11 is 0. The Morgan fingerprint density at radius 1 is 1.05 bits per heavy atom. The largest absolute Gasteiger partial charge is 0.297 e. The van der Waals surface area contributed by atoms with Gasteiger partial charge < -0.3 is 0 Å². The summed E-state index contributed by atoms with van der Waals surface area (Å²) < 4.78 is 13.4. The van der Waals surface area contributed by atoms with Gasteiger partial charge in [-0.2, -0.15) is 0 Å². The van der Waals surface area contributed by atoms with Crippen molar-refractivity contribution < 1.29 is 4.39 Å². The lowest BCUT2D eigenvalue weighted by molar-refractivity contribution is 0.204. The van der Waals surface area contributed by atoms with Gasteiger partial charge in [-0.05, 0) is 54.2 Å². The number of nitrogens with zero attached hydrogens (tertiary/aromatic N) is 1. The lowest BCUT2D eigenvalue weighted by atomic mass is 9.84. The second kappa shape index (κ2) is 5.72. The molecule has 1 aliphatic heterocycles. The van der Waals surface area contributed by atoms with E-state index in [0.29, 0.717) is 12.6 Å². The SMILES string of the molecule is CC(C)(C)c1ccc2c(c1)CCC(N1CC[C@H](F)C1)CC2. The third kappa shape index (κ3) is 3.31. The summed E-state index contributed by atoms with van der Waals surface area (Å²) in [5.74, 6) is 0. The van der Waals surface area contributed by atoms with Gasteiger partial charge in [-0.25, -0.2) is 4.39 Å². The number of hydrogen-bond donors (Lipinski definition) is 0. The Balaban J connectivity index is 1.74. The zero-order chi connectivity index (χ0) is 15.0. The van der Waals surface area contributed by atoms with E-state index in [2.05, 4.69) is 43.9 Å². The fourth-order valence-electron chi connectivity index (χ4n) is 3.80. The molecule has 2 aliphatic rings. The van der Waals surface area contributed by atoms with Crippen molar-refractivity contribution in [3.05, 3.63) is 34.9 Å². The van der Waals surface area contributed by atoms with Gasteiger partial charge in [0.25, 0.3) is 0 Å². The predicted octanol–water partition coefficient (Wildman–Crippen LogP) is 4.28. The molecule has 0 saturated carbocycles. The minimum atomic E-state index is -0.594. The first kappa shape index (κ1) is 15.0. The molecular weight excluding hydrogens is 261 g/mol. The van der Waals surface area contributed by atoms with Crippen LogP contribution in [0.2, 0.25) is 0 Å². The average molecular weight is 289 g/mol. The van der Waals surface area contributed by atoms with Crippen LogP contribution >= 0.6 is 0 Å². The van der Waals surface area contributed by atoms with Gasteiger partial charge in [0.1, 0.15) is 6.17 Å². The van der Waals surface area contributed by atoms with Crippen LogP contribution in [-0.4, -0.2) is 30.2 Å². The number of fused-ring (bicyclic) bond motifs is 1. The van der Waals surface area contributed by atoms with Crippen LogP contribution in [0, 0.1) is 0 Å². The van der Waals surface area contributed by atoms with Crippen LogP contribution < -0.4 is 0 Å². The van der Waals surface area contributed by atoms with Crippen LogP contribution in [0.5, 0.6) is 0 Å². The van der Waals surface area contributed by atoms with Gasteiger partial charge in [-0.1, -0.05) is 39.0 Å². The van der Waals surface area contributed by atoms with Gasteiger partial charge >= 0.3 is 0 Å². The van der Waals surface area contributed by atoms with Crippen LogP contribution in [0.3, 0.4) is 0 Å². The minimum Gasteiger partial charge on any atom is -0.297 e. The summed E-state index contributed by atoms with van der Waals surface area (Å²) in [6.07, 6.45) is 4.82. The normalized spacial score (nSPS) is 27.4. The first-order valence-corrected chi connectivity index (χ1v) is 8.44. The maximum Gasteiger partial charge on any atom is 0.114 e. The fraction of sp³-hybridized carbons (Fsp3) is 0.684. The van der Waals surface area contributed by atoms with E-state index in [4.69, 9.17) is 0 Å². The molecule has 0 spiro atoms.